The van der Waals surface area contributed by atoms with E-state index in [-0.39, 0.29) is 5.91 Å². The largest absolute Gasteiger partial charge is 0.497 e. The van der Waals surface area contributed by atoms with E-state index in [0.29, 0.717) is 35.3 Å². The first-order valence-corrected chi connectivity index (χ1v) is 9.63. The van der Waals surface area contributed by atoms with Crippen molar-refractivity contribution in [2.24, 2.45) is 0 Å². The maximum absolute atomic E-state index is 12.3. The molecule has 6 heteroatoms. The standard InChI is InChI=1S/C23H29NO5/c1-5-6-7-14-29-20-12-8-17(15-22(20)28-4)9-13-23(25)24-19-11-10-18(26-2)16-21(19)27-3/h8-13,15-16H,5-7,14H2,1-4H3,(H,24,25)/b13-9+. The summed E-state index contributed by atoms with van der Waals surface area (Å²) in [6.07, 6.45) is 6.47. The maximum Gasteiger partial charge on any atom is 0.248 e. The minimum atomic E-state index is -0.271. The van der Waals surface area contributed by atoms with Gasteiger partial charge in [0.1, 0.15) is 11.5 Å². The van der Waals surface area contributed by atoms with Crippen LogP contribution in [0.2, 0.25) is 0 Å². The summed E-state index contributed by atoms with van der Waals surface area (Å²) in [5.74, 6) is 2.25. The Bertz CT molecular complexity index is 832. The van der Waals surface area contributed by atoms with Gasteiger partial charge < -0.3 is 24.3 Å². The second kappa shape index (κ2) is 11.6. The van der Waals surface area contributed by atoms with Crippen molar-refractivity contribution in [3.63, 3.8) is 0 Å². The minimum absolute atomic E-state index is 0.271. The van der Waals surface area contributed by atoms with Crippen molar-refractivity contribution >= 4 is 17.7 Å². The molecule has 2 aromatic rings. The first-order chi connectivity index (χ1) is 14.1. The lowest BCUT2D eigenvalue weighted by atomic mass is 10.2. The van der Waals surface area contributed by atoms with Crippen LogP contribution >= 0.6 is 0 Å². The third-order valence-corrected chi connectivity index (χ3v) is 4.29. The molecule has 0 aliphatic heterocycles. The molecule has 2 aromatic carbocycles. The number of ether oxygens (including phenoxy) is 4. The molecule has 0 aliphatic rings. The smallest absolute Gasteiger partial charge is 0.248 e. The Morgan fingerprint density at radius 2 is 1.72 bits per heavy atom. The molecule has 29 heavy (non-hydrogen) atoms. The van der Waals surface area contributed by atoms with E-state index in [9.17, 15) is 4.79 Å². The number of benzene rings is 2. The average molecular weight is 399 g/mol. The van der Waals surface area contributed by atoms with Gasteiger partial charge in [0.05, 0.1) is 33.6 Å². The van der Waals surface area contributed by atoms with Crippen LogP contribution in [-0.2, 0) is 4.79 Å². The summed E-state index contributed by atoms with van der Waals surface area (Å²) in [6, 6.07) is 10.8. The Morgan fingerprint density at radius 1 is 0.931 bits per heavy atom. The van der Waals surface area contributed by atoms with E-state index in [1.54, 1.807) is 45.6 Å². The zero-order valence-electron chi connectivity index (χ0n) is 17.5. The fourth-order valence-electron chi connectivity index (χ4n) is 2.69. The third kappa shape index (κ3) is 6.75. The van der Waals surface area contributed by atoms with Crippen LogP contribution in [0.5, 0.6) is 23.0 Å². The van der Waals surface area contributed by atoms with Crippen LogP contribution in [0, 0.1) is 0 Å². The molecule has 0 heterocycles. The van der Waals surface area contributed by atoms with Gasteiger partial charge >= 0.3 is 0 Å². The molecular weight excluding hydrogens is 370 g/mol. The summed E-state index contributed by atoms with van der Waals surface area (Å²) in [7, 11) is 4.72. The fourth-order valence-corrected chi connectivity index (χ4v) is 2.69. The monoisotopic (exact) mass is 399 g/mol. The number of anilines is 1. The molecule has 0 aliphatic carbocycles. The second-order valence-corrected chi connectivity index (χ2v) is 6.35. The van der Waals surface area contributed by atoms with E-state index in [1.165, 1.54) is 6.08 Å². The number of rotatable bonds is 11. The van der Waals surface area contributed by atoms with Gasteiger partial charge in [-0.3, -0.25) is 4.79 Å². The first-order valence-electron chi connectivity index (χ1n) is 9.63. The van der Waals surface area contributed by atoms with Gasteiger partial charge in [-0.2, -0.15) is 0 Å². The number of carbonyl (C=O) groups excluding carboxylic acids is 1. The van der Waals surface area contributed by atoms with Crippen molar-refractivity contribution in [2.75, 3.05) is 33.3 Å². The average Bonchev–Trinajstić information content (AvgIpc) is 2.75. The van der Waals surface area contributed by atoms with Crippen molar-refractivity contribution in [3.8, 4) is 23.0 Å². The lowest BCUT2D eigenvalue weighted by Crippen LogP contribution is -2.09. The molecule has 2 rings (SSSR count). The highest BCUT2D eigenvalue weighted by molar-refractivity contribution is 6.02. The minimum Gasteiger partial charge on any atom is -0.497 e. The molecule has 0 atom stereocenters. The zero-order chi connectivity index (χ0) is 21.1. The van der Waals surface area contributed by atoms with Gasteiger partial charge in [0.2, 0.25) is 5.91 Å². The van der Waals surface area contributed by atoms with E-state index in [4.69, 9.17) is 18.9 Å². The second-order valence-electron chi connectivity index (χ2n) is 6.35. The Kier molecular flexibility index (Phi) is 8.89. The van der Waals surface area contributed by atoms with Crippen molar-refractivity contribution in [1.82, 2.24) is 0 Å². The molecule has 0 radical (unpaired) electrons. The number of unbranched alkanes of at least 4 members (excludes halogenated alkanes) is 2. The molecule has 0 saturated carbocycles. The topological polar surface area (TPSA) is 66.0 Å². The highest BCUT2D eigenvalue weighted by atomic mass is 16.5. The molecule has 1 N–H and O–H groups in total. The first kappa shape index (κ1) is 22.1. The van der Waals surface area contributed by atoms with Gasteiger partial charge in [-0.05, 0) is 42.3 Å². The van der Waals surface area contributed by atoms with Crippen molar-refractivity contribution in [2.45, 2.75) is 26.2 Å². The van der Waals surface area contributed by atoms with E-state index >= 15 is 0 Å². The Hall–Kier alpha value is -3.15. The van der Waals surface area contributed by atoms with Gasteiger partial charge in [-0.1, -0.05) is 25.8 Å². The number of nitrogens with one attached hydrogen (secondary N) is 1. The predicted octanol–water partition coefficient (Wildman–Crippen LogP) is 4.93. The lowest BCUT2D eigenvalue weighted by molar-refractivity contribution is -0.111. The number of amides is 1. The highest BCUT2D eigenvalue weighted by Crippen LogP contribution is 2.30. The highest BCUT2D eigenvalue weighted by Gasteiger charge is 2.08. The molecule has 156 valence electrons. The van der Waals surface area contributed by atoms with E-state index in [2.05, 4.69) is 12.2 Å². The van der Waals surface area contributed by atoms with Gasteiger partial charge in [-0.15, -0.1) is 0 Å². The van der Waals surface area contributed by atoms with Crippen molar-refractivity contribution < 1.29 is 23.7 Å². The molecule has 0 spiro atoms. The quantitative estimate of drug-likeness (QED) is 0.429. The van der Waals surface area contributed by atoms with Gasteiger partial charge in [0, 0.05) is 12.1 Å². The Balaban J connectivity index is 2.02. The summed E-state index contributed by atoms with van der Waals surface area (Å²) >= 11 is 0. The molecule has 6 nitrogen and oxygen atoms in total. The molecular formula is C23H29NO5. The van der Waals surface area contributed by atoms with Crippen LogP contribution in [0.25, 0.3) is 6.08 Å². The number of hydrogen-bond donors (Lipinski definition) is 1. The molecule has 1 amide bonds. The summed E-state index contributed by atoms with van der Waals surface area (Å²) in [5, 5.41) is 2.80. The summed E-state index contributed by atoms with van der Waals surface area (Å²) in [4.78, 5) is 12.3. The van der Waals surface area contributed by atoms with Crippen LogP contribution in [-0.4, -0.2) is 33.8 Å². The van der Waals surface area contributed by atoms with Crippen molar-refractivity contribution in [3.05, 3.63) is 48.0 Å². The summed E-state index contributed by atoms with van der Waals surface area (Å²) in [5.41, 5.74) is 1.40. The molecule has 0 aromatic heterocycles. The zero-order valence-corrected chi connectivity index (χ0v) is 17.5. The van der Waals surface area contributed by atoms with Gasteiger partial charge in [-0.25, -0.2) is 0 Å². The van der Waals surface area contributed by atoms with Gasteiger partial charge in [0.25, 0.3) is 0 Å². The van der Waals surface area contributed by atoms with Crippen LogP contribution in [0.1, 0.15) is 31.7 Å². The molecule has 0 saturated heterocycles. The summed E-state index contributed by atoms with van der Waals surface area (Å²) in [6.45, 7) is 2.81. The third-order valence-electron chi connectivity index (χ3n) is 4.29. The predicted molar refractivity (Wildman–Crippen MR) is 115 cm³/mol. The van der Waals surface area contributed by atoms with E-state index in [0.717, 1.165) is 24.8 Å². The Labute approximate surface area is 172 Å². The van der Waals surface area contributed by atoms with E-state index < -0.39 is 0 Å². The van der Waals surface area contributed by atoms with E-state index in [1.807, 2.05) is 18.2 Å². The van der Waals surface area contributed by atoms with Crippen LogP contribution in [0.4, 0.5) is 5.69 Å². The van der Waals surface area contributed by atoms with Crippen LogP contribution < -0.4 is 24.3 Å². The number of hydrogen-bond acceptors (Lipinski definition) is 5. The lowest BCUT2D eigenvalue weighted by Gasteiger charge is -2.11. The Morgan fingerprint density at radius 3 is 2.41 bits per heavy atom. The maximum atomic E-state index is 12.3. The molecule has 0 unspecified atom stereocenters. The normalized spacial score (nSPS) is 10.6. The fraction of sp³-hybridized carbons (Fsp3) is 0.348. The van der Waals surface area contributed by atoms with Crippen LogP contribution in [0.3, 0.4) is 0 Å². The molecule has 0 fully saturated rings. The number of methoxy groups -OCH3 is 3. The number of carbonyl (C=O) groups is 1. The van der Waals surface area contributed by atoms with Crippen LogP contribution in [0.15, 0.2) is 42.5 Å². The SMILES string of the molecule is CCCCCOc1ccc(/C=C/C(=O)Nc2ccc(OC)cc2OC)cc1OC. The van der Waals surface area contributed by atoms with Gasteiger partial charge in [0.15, 0.2) is 11.5 Å². The molecule has 0 bridgehead atoms. The summed E-state index contributed by atoms with van der Waals surface area (Å²) < 4.78 is 21.6. The van der Waals surface area contributed by atoms with Crippen molar-refractivity contribution in [1.29, 1.82) is 0 Å².